The van der Waals surface area contributed by atoms with Crippen molar-refractivity contribution in [1.29, 1.82) is 0 Å². The topological polar surface area (TPSA) is 12.0 Å². The number of hydrogen-bond donors (Lipinski definition) is 1. The van der Waals surface area contributed by atoms with E-state index in [1.807, 2.05) is 0 Å². The first-order valence-corrected chi connectivity index (χ1v) is 5.43. The molecule has 1 heterocycles. The van der Waals surface area contributed by atoms with Gasteiger partial charge in [0.15, 0.2) is 0 Å². The molecule has 0 bridgehead atoms. The van der Waals surface area contributed by atoms with E-state index >= 15 is 0 Å². The van der Waals surface area contributed by atoms with E-state index in [-0.39, 0.29) is 10.9 Å². The van der Waals surface area contributed by atoms with Crippen LogP contribution in [0.1, 0.15) is 11.1 Å². The molecule has 1 saturated heterocycles. The molecule has 90 valence electrons. The highest BCUT2D eigenvalue weighted by Crippen LogP contribution is 2.34. The van der Waals surface area contributed by atoms with E-state index in [2.05, 4.69) is 17.2 Å². The maximum Gasteiger partial charge on any atom is 0.417 e. The van der Waals surface area contributed by atoms with Crippen LogP contribution in [0.4, 0.5) is 13.2 Å². The molecule has 1 aromatic carbocycles. The number of hydrogen-bond acceptors (Lipinski definition) is 1. The van der Waals surface area contributed by atoms with Crippen LogP contribution in [0.2, 0.25) is 5.02 Å². The average molecular weight is 260 g/mol. The van der Waals surface area contributed by atoms with E-state index in [4.69, 9.17) is 11.6 Å². The molecule has 2 rings (SSSR count). The van der Waals surface area contributed by atoms with Gasteiger partial charge in [0.05, 0.1) is 10.6 Å². The lowest BCUT2D eigenvalue weighted by molar-refractivity contribution is -0.137. The lowest BCUT2D eigenvalue weighted by Crippen LogP contribution is -2.40. The maximum absolute atomic E-state index is 12.4. The summed E-state index contributed by atoms with van der Waals surface area (Å²) in [6.45, 7) is 1.67. The van der Waals surface area contributed by atoms with Crippen molar-refractivity contribution in [3.8, 4) is 11.8 Å². The van der Waals surface area contributed by atoms with E-state index in [1.165, 1.54) is 12.1 Å². The predicted molar refractivity (Wildman–Crippen MR) is 59.7 cm³/mol. The molecule has 1 N–H and O–H groups in total. The Morgan fingerprint density at radius 3 is 2.47 bits per heavy atom. The molecule has 0 unspecified atom stereocenters. The van der Waals surface area contributed by atoms with Gasteiger partial charge in [-0.15, -0.1) is 0 Å². The van der Waals surface area contributed by atoms with Crippen molar-refractivity contribution in [2.75, 3.05) is 13.1 Å². The van der Waals surface area contributed by atoms with Gasteiger partial charge in [0.2, 0.25) is 0 Å². The zero-order valence-corrected chi connectivity index (χ0v) is 9.49. The van der Waals surface area contributed by atoms with Gasteiger partial charge in [0, 0.05) is 24.6 Å². The highest BCUT2D eigenvalue weighted by molar-refractivity contribution is 6.31. The van der Waals surface area contributed by atoms with Crippen molar-refractivity contribution >= 4 is 11.6 Å². The number of halogens is 4. The van der Waals surface area contributed by atoms with E-state index < -0.39 is 11.7 Å². The third kappa shape index (κ3) is 2.93. The van der Waals surface area contributed by atoms with E-state index in [0.717, 1.165) is 19.2 Å². The Labute approximate surface area is 102 Å². The van der Waals surface area contributed by atoms with Crippen molar-refractivity contribution in [3.63, 3.8) is 0 Å². The molecule has 5 heteroatoms. The molecule has 0 aliphatic carbocycles. The SMILES string of the molecule is FC(F)(F)c1ccc(C#CC2CNC2)cc1Cl. The van der Waals surface area contributed by atoms with Crippen molar-refractivity contribution in [2.24, 2.45) is 5.92 Å². The van der Waals surface area contributed by atoms with Gasteiger partial charge < -0.3 is 5.32 Å². The fourth-order valence-corrected chi connectivity index (χ4v) is 1.69. The fourth-order valence-electron chi connectivity index (χ4n) is 1.40. The lowest BCUT2D eigenvalue weighted by atomic mass is 10.0. The molecule has 0 atom stereocenters. The molecule has 1 aliphatic rings. The van der Waals surface area contributed by atoms with Crippen molar-refractivity contribution in [2.45, 2.75) is 6.18 Å². The third-order valence-corrected chi connectivity index (χ3v) is 2.79. The summed E-state index contributed by atoms with van der Waals surface area (Å²) in [6.07, 6.45) is -4.42. The molecule has 1 nitrogen and oxygen atoms in total. The van der Waals surface area contributed by atoms with E-state index in [0.29, 0.717) is 5.56 Å². The standard InChI is InChI=1S/C12H9ClF3N/c13-11-5-8(1-2-9-6-17-7-9)3-4-10(11)12(14,15)16/h3-5,9,17H,6-7H2. The molecule has 17 heavy (non-hydrogen) atoms. The third-order valence-electron chi connectivity index (χ3n) is 2.48. The molecule has 1 aromatic rings. The molecule has 0 radical (unpaired) electrons. The first kappa shape index (κ1) is 12.3. The summed E-state index contributed by atoms with van der Waals surface area (Å²) in [5.74, 6) is 6.08. The predicted octanol–water partition coefficient (Wildman–Crippen LogP) is 2.93. The summed E-state index contributed by atoms with van der Waals surface area (Å²) < 4.78 is 37.3. The van der Waals surface area contributed by atoms with E-state index in [9.17, 15) is 13.2 Å². The first-order chi connectivity index (χ1) is 7.97. The molecular formula is C12H9ClF3N. The average Bonchev–Trinajstić information content (AvgIpc) is 2.13. The minimum absolute atomic E-state index is 0.288. The maximum atomic E-state index is 12.4. The highest BCUT2D eigenvalue weighted by Gasteiger charge is 2.32. The van der Waals surface area contributed by atoms with Gasteiger partial charge in [-0.2, -0.15) is 13.2 Å². The Kier molecular flexibility index (Phi) is 3.32. The van der Waals surface area contributed by atoms with Crippen LogP contribution >= 0.6 is 11.6 Å². The molecule has 0 aromatic heterocycles. The van der Waals surface area contributed by atoms with Gasteiger partial charge >= 0.3 is 6.18 Å². The van der Waals surface area contributed by atoms with Crippen molar-refractivity contribution in [3.05, 3.63) is 34.3 Å². The number of alkyl halides is 3. The Hall–Kier alpha value is -1.18. The van der Waals surface area contributed by atoms with Gasteiger partial charge in [0.1, 0.15) is 0 Å². The van der Waals surface area contributed by atoms with Crippen LogP contribution < -0.4 is 5.32 Å². The Balaban J connectivity index is 2.20. The van der Waals surface area contributed by atoms with Crippen LogP contribution in [-0.2, 0) is 6.18 Å². The van der Waals surface area contributed by atoms with Crippen molar-refractivity contribution < 1.29 is 13.2 Å². The largest absolute Gasteiger partial charge is 0.417 e. The zero-order valence-electron chi connectivity index (χ0n) is 8.74. The normalized spacial score (nSPS) is 16.0. The molecule has 1 aliphatic heterocycles. The molecular weight excluding hydrogens is 251 g/mol. The summed E-state index contributed by atoms with van der Waals surface area (Å²) in [7, 11) is 0. The zero-order chi connectivity index (χ0) is 12.5. The lowest BCUT2D eigenvalue weighted by Gasteiger charge is -2.21. The Morgan fingerprint density at radius 2 is 2.00 bits per heavy atom. The minimum atomic E-state index is -4.42. The van der Waals surface area contributed by atoms with Gasteiger partial charge in [-0.25, -0.2) is 0 Å². The molecule has 1 fully saturated rings. The van der Waals surface area contributed by atoms with Gasteiger partial charge in [-0.3, -0.25) is 0 Å². The van der Waals surface area contributed by atoms with Crippen LogP contribution in [0.3, 0.4) is 0 Å². The number of benzene rings is 1. The fraction of sp³-hybridized carbons (Fsp3) is 0.333. The Morgan fingerprint density at radius 1 is 1.29 bits per heavy atom. The second kappa shape index (κ2) is 4.59. The highest BCUT2D eigenvalue weighted by atomic mass is 35.5. The first-order valence-electron chi connectivity index (χ1n) is 5.06. The number of nitrogens with one attached hydrogen (secondary N) is 1. The smallest absolute Gasteiger partial charge is 0.314 e. The summed E-state index contributed by atoms with van der Waals surface area (Å²) in [6, 6.07) is 3.56. The Bertz CT molecular complexity index is 481. The number of rotatable bonds is 0. The van der Waals surface area contributed by atoms with Crippen LogP contribution in [-0.4, -0.2) is 13.1 Å². The summed E-state index contributed by atoms with van der Waals surface area (Å²) in [5.41, 5.74) is -0.315. The molecule has 0 spiro atoms. The second-order valence-electron chi connectivity index (χ2n) is 3.82. The summed E-state index contributed by atoms with van der Waals surface area (Å²) in [4.78, 5) is 0. The van der Waals surface area contributed by atoms with Crippen molar-refractivity contribution in [1.82, 2.24) is 5.32 Å². The van der Waals surface area contributed by atoms with Gasteiger partial charge in [-0.1, -0.05) is 23.4 Å². The van der Waals surface area contributed by atoms with Crippen LogP contribution in [0.25, 0.3) is 0 Å². The minimum Gasteiger partial charge on any atom is -0.314 e. The van der Waals surface area contributed by atoms with E-state index in [1.54, 1.807) is 0 Å². The summed E-state index contributed by atoms with van der Waals surface area (Å²) in [5, 5.41) is 2.75. The van der Waals surface area contributed by atoms with Crippen LogP contribution in [0, 0.1) is 17.8 Å². The van der Waals surface area contributed by atoms with Gasteiger partial charge in [0.25, 0.3) is 0 Å². The van der Waals surface area contributed by atoms with Crippen LogP contribution in [0.15, 0.2) is 18.2 Å². The monoisotopic (exact) mass is 259 g/mol. The second-order valence-corrected chi connectivity index (χ2v) is 4.22. The van der Waals surface area contributed by atoms with Gasteiger partial charge in [-0.05, 0) is 18.2 Å². The molecule has 0 amide bonds. The van der Waals surface area contributed by atoms with Crippen LogP contribution in [0.5, 0.6) is 0 Å². The summed E-state index contributed by atoms with van der Waals surface area (Å²) >= 11 is 5.58. The quantitative estimate of drug-likeness (QED) is 0.707. The molecule has 0 saturated carbocycles.